The molecule has 2 aromatic heterocycles. The maximum absolute atomic E-state index is 12.1. The van der Waals surface area contributed by atoms with Gasteiger partial charge in [-0.2, -0.15) is 0 Å². The zero-order chi connectivity index (χ0) is 18.2. The van der Waals surface area contributed by atoms with Gasteiger partial charge in [0, 0.05) is 49.4 Å². The molecule has 0 aromatic carbocycles. The van der Waals surface area contributed by atoms with Crippen LogP contribution in [-0.4, -0.2) is 34.1 Å². The monoisotopic (exact) mass is 340 g/mol. The number of hydrogen-bond acceptors (Lipinski definition) is 5. The Labute approximate surface area is 145 Å². The maximum Gasteiger partial charge on any atom is 0.252 e. The summed E-state index contributed by atoms with van der Waals surface area (Å²) < 4.78 is 0. The lowest BCUT2D eigenvalue weighted by molar-refractivity contribution is -0.121. The van der Waals surface area contributed by atoms with Crippen molar-refractivity contribution >= 4 is 17.6 Å². The molecular weight excluding hydrogens is 320 g/mol. The van der Waals surface area contributed by atoms with Crippen molar-refractivity contribution in [2.24, 2.45) is 0 Å². The minimum Gasteiger partial charge on any atom is -0.352 e. The molecule has 0 unspecified atom stereocenters. The molecule has 7 heteroatoms. The van der Waals surface area contributed by atoms with Crippen LogP contribution in [0.2, 0.25) is 0 Å². The van der Waals surface area contributed by atoms with Gasteiger partial charge in [-0.15, -0.1) is 0 Å². The van der Waals surface area contributed by atoms with Gasteiger partial charge in [-0.05, 0) is 37.6 Å². The highest BCUT2D eigenvalue weighted by Crippen LogP contribution is 2.09. The summed E-state index contributed by atoms with van der Waals surface area (Å²) in [4.78, 5) is 43.4. The van der Waals surface area contributed by atoms with E-state index in [1.54, 1.807) is 19.3 Å². The molecule has 0 bridgehead atoms. The molecule has 0 fully saturated rings. The van der Waals surface area contributed by atoms with Crippen LogP contribution in [0.25, 0.3) is 0 Å². The van der Waals surface area contributed by atoms with Crippen molar-refractivity contribution in [1.29, 1.82) is 0 Å². The maximum atomic E-state index is 12.1. The minimum atomic E-state index is -0.364. The summed E-state index contributed by atoms with van der Waals surface area (Å²) >= 11 is 0. The molecule has 0 radical (unpaired) electrons. The molecule has 2 aromatic rings. The summed E-state index contributed by atoms with van der Waals surface area (Å²) in [6, 6.07) is 5.15. The van der Waals surface area contributed by atoms with E-state index in [2.05, 4.69) is 20.6 Å². The first kappa shape index (κ1) is 18.3. The lowest BCUT2D eigenvalue weighted by Crippen LogP contribution is -2.30. The highest BCUT2D eigenvalue weighted by molar-refractivity contribution is 6.00. The quantitative estimate of drug-likeness (QED) is 0.743. The third kappa shape index (κ3) is 5.49. The van der Waals surface area contributed by atoms with E-state index in [1.165, 1.54) is 19.2 Å². The molecule has 0 aliphatic heterocycles. The van der Waals surface area contributed by atoms with Crippen molar-refractivity contribution in [3.8, 4) is 0 Å². The number of aryl methyl sites for hydroxylation is 1. The molecule has 0 aliphatic carbocycles. The minimum absolute atomic E-state index is 0.143. The van der Waals surface area contributed by atoms with Crippen LogP contribution in [0.1, 0.15) is 45.3 Å². The summed E-state index contributed by atoms with van der Waals surface area (Å²) in [5.74, 6) is -0.671. The Morgan fingerprint density at radius 3 is 2.52 bits per heavy atom. The van der Waals surface area contributed by atoms with Gasteiger partial charge in [0.15, 0.2) is 5.78 Å². The van der Waals surface area contributed by atoms with E-state index in [4.69, 9.17) is 0 Å². The number of aromatic nitrogens is 2. The molecule has 2 rings (SSSR count). The predicted molar refractivity (Wildman–Crippen MR) is 92.0 cm³/mol. The van der Waals surface area contributed by atoms with Crippen LogP contribution in [0.4, 0.5) is 0 Å². The van der Waals surface area contributed by atoms with E-state index in [-0.39, 0.29) is 30.6 Å². The van der Waals surface area contributed by atoms with E-state index >= 15 is 0 Å². The molecule has 130 valence electrons. The van der Waals surface area contributed by atoms with Gasteiger partial charge < -0.3 is 10.6 Å². The van der Waals surface area contributed by atoms with E-state index in [0.29, 0.717) is 23.4 Å². The van der Waals surface area contributed by atoms with Crippen LogP contribution < -0.4 is 10.6 Å². The molecule has 2 heterocycles. The van der Waals surface area contributed by atoms with Gasteiger partial charge in [-0.1, -0.05) is 0 Å². The number of carbonyl (C=O) groups is 3. The first-order valence-corrected chi connectivity index (χ1v) is 7.88. The molecule has 25 heavy (non-hydrogen) atoms. The number of nitrogens with zero attached hydrogens (tertiary/aromatic N) is 2. The summed E-state index contributed by atoms with van der Waals surface area (Å²) in [5.41, 5.74) is 2.25. The van der Waals surface area contributed by atoms with Gasteiger partial charge in [-0.25, -0.2) is 0 Å². The molecule has 0 saturated carbocycles. The number of Topliss-reactive ketones (excluding diaryl/α,β-unsaturated/α-hetero) is 1. The first-order valence-electron chi connectivity index (χ1n) is 7.88. The summed E-state index contributed by atoms with van der Waals surface area (Å²) in [6.45, 7) is 3.76. The Morgan fingerprint density at radius 2 is 1.84 bits per heavy atom. The van der Waals surface area contributed by atoms with Crippen LogP contribution in [0, 0.1) is 6.92 Å². The zero-order valence-corrected chi connectivity index (χ0v) is 14.2. The molecule has 0 spiro atoms. The van der Waals surface area contributed by atoms with Gasteiger partial charge >= 0.3 is 0 Å². The van der Waals surface area contributed by atoms with Crippen molar-refractivity contribution in [3.63, 3.8) is 0 Å². The van der Waals surface area contributed by atoms with Gasteiger partial charge in [0.2, 0.25) is 5.91 Å². The number of hydrogen-bond donors (Lipinski definition) is 2. The second kappa shape index (κ2) is 8.68. The fourth-order valence-corrected chi connectivity index (χ4v) is 2.19. The average molecular weight is 340 g/mol. The van der Waals surface area contributed by atoms with Crippen LogP contribution in [0.15, 0.2) is 36.8 Å². The molecule has 0 atom stereocenters. The highest BCUT2D eigenvalue weighted by atomic mass is 16.2. The third-order valence-corrected chi connectivity index (χ3v) is 3.61. The number of amides is 2. The van der Waals surface area contributed by atoms with Gasteiger partial charge in [0.05, 0.1) is 5.56 Å². The molecule has 0 aliphatic rings. The number of pyridine rings is 2. The number of nitrogens with one attached hydrogen (secondary N) is 2. The number of ketones is 1. The van der Waals surface area contributed by atoms with Crippen LogP contribution in [0.3, 0.4) is 0 Å². The molecule has 7 nitrogen and oxygen atoms in total. The molecule has 2 amide bonds. The number of carbonyl (C=O) groups excluding carboxylic acids is 3. The lowest BCUT2D eigenvalue weighted by atomic mass is 10.1. The van der Waals surface area contributed by atoms with Crippen molar-refractivity contribution in [2.75, 3.05) is 6.54 Å². The Hall–Kier alpha value is -3.09. The highest BCUT2D eigenvalue weighted by Gasteiger charge is 2.12. The topological polar surface area (TPSA) is 101 Å². The van der Waals surface area contributed by atoms with Crippen molar-refractivity contribution < 1.29 is 14.4 Å². The second-order valence-corrected chi connectivity index (χ2v) is 5.55. The second-order valence-electron chi connectivity index (χ2n) is 5.55. The van der Waals surface area contributed by atoms with Gasteiger partial charge in [-0.3, -0.25) is 24.4 Å². The lowest BCUT2D eigenvalue weighted by Gasteiger charge is -2.08. The Balaban J connectivity index is 1.79. The van der Waals surface area contributed by atoms with E-state index in [1.807, 2.05) is 12.1 Å². The Bertz CT molecular complexity index is 775. The SMILES string of the molecule is CC(=O)c1cc(C(=O)NCCC(=O)NCc2ccncc2)cnc1C. The van der Waals surface area contributed by atoms with Crippen LogP contribution in [0.5, 0.6) is 0 Å². The number of rotatable bonds is 7. The van der Waals surface area contributed by atoms with Crippen molar-refractivity contribution in [2.45, 2.75) is 26.8 Å². The fraction of sp³-hybridized carbons (Fsp3) is 0.278. The predicted octanol–water partition coefficient (Wildman–Crippen LogP) is 1.42. The standard InChI is InChI=1S/C18H20N4O3/c1-12-16(13(2)23)9-15(11-21-12)18(25)20-8-5-17(24)22-10-14-3-6-19-7-4-14/h3-4,6-7,9,11H,5,8,10H2,1-2H3,(H,20,25)(H,22,24). The normalized spacial score (nSPS) is 10.2. The fourth-order valence-electron chi connectivity index (χ4n) is 2.19. The van der Waals surface area contributed by atoms with Gasteiger partial charge in [0.1, 0.15) is 0 Å². The zero-order valence-electron chi connectivity index (χ0n) is 14.2. The Morgan fingerprint density at radius 1 is 1.12 bits per heavy atom. The van der Waals surface area contributed by atoms with Crippen molar-refractivity contribution in [1.82, 2.24) is 20.6 Å². The van der Waals surface area contributed by atoms with Crippen LogP contribution in [-0.2, 0) is 11.3 Å². The van der Waals surface area contributed by atoms with Crippen molar-refractivity contribution in [3.05, 3.63) is 59.2 Å². The molecule has 2 N–H and O–H groups in total. The Kier molecular flexibility index (Phi) is 6.33. The van der Waals surface area contributed by atoms with E-state index in [9.17, 15) is 14.4 Å². The largest absolute Gasteiger partial charge is 0.352 e. The molecule has 0 saturated heterocycles. The van der Waals surface area contributed by atoms with E-state index in [0.717, 1.165) is 5.56 Å². The van der Waals surface area contributed by atoms with E-state index < -0.39 is 0 Å². The summed E-state index contributed by atoms with van der Waals surface area (Å²) in [6.07, 6.45) is 4.90. The summed E-state index contributed by atoms with van der Waals surface area (Å²) in [7, 11) is 0. The molecular formula is C18H20N4O3. The summed E-state index contributed by atoms with van der Waals surface area (Å²) in [5, 5.41) is 5.42. The first-order chi connectivity index (χ1) is 12.0. The third-order valence-electron chi connectivity index (χ3n) is 3.61. The average Bonchev–Trinajstić information content (AvgIpc) is 2.61. The van der Waals surface area contributed by atoms with Crippen LogP contribution >= 0.6 is 0 Å². The van der Waals surface area contributed by atoms with Gasteiger partial charge in [0.25, 0.3) is 5.91 Å². The smallest absolute Gasteiger partial charge is 0.252 e.